The van der Waals surface area contributed by atoms with Gasteiger partial charge in [0.05, 0.1) is 0 Å². The predicted molar refractivity (Wildman–Crippen MR) is 88.3 cm³/mol. The summed E-state index contributed by atoms with van der Waals surface area (Å²) in [6.07, 6.45) is 0. The van der Waals surface area contributed by atoms with Crippen molar-refractivity contribution in [2.24, 2.45) is 0 Å². The molecule has 5 heteroatoms. The minimum atomic E-state index is -0.340. The SMILES string of the molecule is O=C1Nc2ccc(Br)cc2C1Nc1ccc(I)cc1. The maximum atomic E-state index is 12.0. The molecule has 1 unspecified atom stereocenters. The number of hydrogen-bond acceptors (Lipinski definition) is 2. The molecule has 1 heterocycles. The average molecular weight is 429 g/mol. The minimum absolute atomic E-state index is 0.0216. The van der Waals surface area contributed by atoms with Crippen molar-refractivity contribution in [3.63, 3.8) is 0 Å². The molecule has 1 atom stereocenters. The monoisotopic (exact) mass is 428 g/mol. The maximum absolute atomic E-state index is 12.0. The van der Waals surface area contributed by atoms with Crippen molar-refractivity contribution in [3.05, 3.63) is 56.1 Å². The van der Waals surface area contributed by atoms with Gasteiger partial charge in [0, 0.05) is 25.0 Å². The number of nitrogens with one attached hydrogen (secondary N) is 2. The topological polar surface area (TPSA) is 41.1 Å². The highest BCUT2D eigenvalue weighted by Crippen LogP contribution is 2.35. The van der Waals surface area contributed by atoms with Gasteiger partial charge in [-0.05, 0) is 65.1 Å². The van der Waals surface area contributed by atoms with Crippen molar-refractivity contribution >= 4 is 55.8 Å². The number of hydrogen-bond donors (Lipinski definition) is 2. The van der Waals surface area contributed by atoms with Gasteiger partial charge in [0.25, 0.3) is 5.91 Å². The molecule has 2 N–H and O–H groups in total. The molecule has 1 aliphatic rings. The second kappa shape index (κ2) is 5.13. The molecule has 1 amide bonds. The highest BCUT2D eigenvalue weighted by atomic mass is 127. The average Bonchev–Trinajstić information content (AvgIpc) is 2.69. The Morgan fingerprint density at radius 3 is 2.63 bits per heavy atom. The first-order valence-electron chi connectivity index (χ1n) is 5.76. The first kappa shape index (κ1) is 12.9. The van der Waals surface area contributed by atoms with Crippen LogP contribution in [0.4, 0.5) is 11.4 Å². The number of carbonyl (C=O) groups excluding carboxylic acids is 1. The van der Waals surface area contributed by atoms with E-state index in [0.717, 1.165) is 21.4 Å². The lowest BCUT2D eigenvalue weighted by atomic mass is 10.1. The van der Waals surface area contributed by atoms with Gasteiger partial charge >= 0.3 is 0 Å². The number of fused-ring (bicyclic) bond motifs is 1. The molecular weight excluding hydrogens is 419 g/mol. The van der Waals surface area contributed by atoms with Crippen LogP contribution in [-0.2, 0) is 4.79 Å². The van der Waals surface area contributed by atoms with E-state index in [0.29, 0.717) is 0 Å². The molecule has 0 aliphatic carbocycles. The third kappa shape index (κ3) is 2.62. The zero-order valence-corrected chi connectivity index (χ0v) is 13.5. The highest BCUT2D eigenvalue weighted by Gasteiger charge is 2.30. The first-order valence-corrected chi connectivity index (χ1v) is 7.63. The van der Waals surface area contributed by atoms with E-state index >= 15 is 0 Å². The second-order valence-corrected chi connectivity index (χ2v) is 6.47. The Morgan fingerprint density at radius 1 is 1.16 bits per heavy atom. The van der Waals surface area contributed by atoms with Crippen LogP contribution in [0.5, 0.6) is 0 Å². The number of amides is 1. The maximum Gasteiger partial charge on any atom is 0.251 e. The number of carbonyl (C=O) groups is 1. The van der Waals surface area contributed by atoms with Crippen LogP contribution in [0, 0.1) is 3.57 Å². The zero-order chi connectivity index (χ0) is 13.4. The predicted octanol–water partition coefficient (Wildman–Crippen LogP) is 4.16. The molecule has 3 nitrogen and oxygen atoms in total. The summed E-state index contributed by atoms with van der Waals surface area (Å²) in [4.78, 5) is 12.0. The molecule has 19 heavy (non-hydrogen) atoms. The molecule has 0 bridgehead atoms. The van der Waals surface area contributed by atoms with E-state index in [2.05, 4.69) is 49.2 Å². The van der Waals surface area contributed by atoms with Crippen molar-refractivity contribution in [2.75, 3.05) is 10.6 Å². The fraction of sp³-hybridized carbons (Fsp3) is 0.0714. The van der Waals surface area contributed by atoms with Gasteiger partial charge in [0.2, 0.25) is 0 Å². The summed E-state index contributed by atoms with van der Waals surface area (Å²) in [6, 6.07) is 13.4. The standard InChI is InChI=1S/C14H10BrIN2O/c15-8-1-6-12-11(7-8)13(14(19)18-12)17-10-4-2-9(16)3-5-10/h1-7,13,17H,(H,18,19). The van der Waals surface area contributed by atoms with E-state index in [1.54, 1.807) is 0 Å². The molecule has 0 fully saturated rings. The normalized spacial score (nSPS) is 16.9. The van der Waals surface area contributed by atoms with Gasteiger partial charge in [-0.3, -0.25) is 4.79 Å². The van der Waals surface area contributed by atoms with E-state index in [9.17, 15) is 4.79 Å². The Balaban J connectivity index is 1.91. The second-order valence-electron chi connectivity index (χ2n) is 4.31. The van der Waals surface area contributed by atoms with Crippen molar-refractivity contribution < 1.29 is 4.79 Å². The molecule has 2 aromatic rings. The van der Waals surface area contributed by atoms with E-state index < -0.39 is 0 Å². The van der Waals surface area contributed by atoms with Crippen LogP contribution >= 0.6 is 38.5 Å². The van der Waals surface area contributed by atoms with E-state index in [-0.39, 0.29) is 11.9 Å². The van der Waals surface area contributed by atoms with Gasteiger partial charge in [-0.1, -0.05) is 15.9 Å². The van der Waals surface area contributed by atoms with E-state index in [4.69, 9.17) is 0 Å². The summed E-state index contributed by atoms with van der Waals surface area (Å²) in [7, 11) is 0. The van der Waals surface area contributed by atoms with E-state index in [1.165, 1.54) is 3.57 Å². The fourth-order valence-corrected chi connectivity index (χ4v) is 2.83. The van der Waals surface area contributed by atoms with Crippen LogP contribution in [0.2, 0.25) is 0 Å². The Labute approximate surface area is 133 Å². The van der Waals surface area contributed by atoms with Gasteiger partial charge in [-0.25, -0.2) is 0 Å². The molecule has 3 rings (SSSR count). The molecule has 0 aromatic heterocycles. The summed E-state index contributed by atoms with van der Waals surface area (Å²) in [6.45, 7) is 0. The van der Waals surface area contributed by atoms with Crippen LogP contribution in [0.3, 0.4) is 0 Å². The third-order valence-corrected chi connectivity index (χ3v) is 4.21. The van der Waals surface area contributed by atoms with Gasteiger partial charge < -0.3 is 10.6 Å². The van der Waals surface area contributed by atoms with Crippen molar-refractivity contribution in [2.45, 2.75) is 6.04 Å². The molecule has 0 radical (unpaired) electrons. The lowest BCUT2D eigenvalue weighted by molar-refractivity contribution is -0.116. The Morgan fingerprint density at radius 2 is 1.89 bits per heavy atom. The van der Waals surface area contributed by atoms with Crippen LogP contribution in [0.15, 0.2) is 46.9 Å². The first-order chi connectivity index (χ1) is 9.13. The Hall–Kier alpha value is -1.08. The lowest BCUT2D eigenvalue weighted by Crippen LogP contribution is -2.19. The summed E-state index contributed by atoms with van der Waals surface area (Å²) < 4.78 is 2.14. The summed E-state index contributed by atoms with van der Waals surface area (Å²) in [5.74, 6) is -0.0216. The van der Waals surface area contributed by atoms with Crippen molar-refractivity contribution in [1.29, 1.82) is 0 Å². The smallest absolute Gasteiger partial charge is 0.251 e. The van der Waals surface area contributed by atoms with Crippen molar-refractivity contribution in [3.8, 4) is 0 Å². The van der Waals surface area contributed by atoms with Crippen molar-refractivity contribution in [1.82, 2.24) is 0 Å². The van der Waals surface area contributed by atoms with Gasteiger partial charge in [0.15, 0.2) is 0 Å². The van der Waals surface area contributed by atoms with Gasteiger partial charge in [-0.15, -0.1) is 0 Å². The van der Waals surface area contributed by atoms with E-state index in [1.807, 2.05) is 42.5 Å². The highest BCUT2D eigenvalue weighted by molar-refractivity contribution is 14.1. The molecular formula is C14H10BrIN2O. The number of anilines is 2. The molecule has 0 saturated heterocycles. The molecule has 1 aliphatic heterocycles. The Kier molecular flexibility index (Phi) is 3.49. The lowest BCUT2D eigenvalue weighted by Gasteiger charge is -2.13. The Bertz CT molecular complexity index is 642. The number of benzene rings is 2. The van der Waals surface area contributed by atoms with Crippen LogP contribution < -0.4 is 10.6 Å². The number of rotatable bonds is 2. The number of halogens is 2. The molecule has 0 spiro atoms. The van der Waals surface area contributed by atoms with Gasteiger partial charge in [0.1, 0.15) is 6.04 Å². The van der Waals surface area contributed by atoms with Crippen LogP contribution in [0.1, 0.15) is 11.6 Å². The minimum Gasteiger partial charge on any atom is -0.370 e. The quantitative estimate of drug-likeness (QED) is 0.705. The third-order valence-electron chi connectivity index (χ3n) is 3.00. The summed E-state index contributed by atoms with van der Waals surface area (Å²) >= 11 is 5.70. The van der Waals surface area contributed by atoms with Gasteiger partial charge in [-0.2, -0.15) is 0 Å². The van der Waals surface area contributed by atoms with Crippen LogP contribution in [0.25, 0.3) is 0 Å². The molecule has 2 aromatic carbocycles. The summed E-state index contributed by atoms with van der Waals surface area (Å²) in [5.41, 5.74) is 2.78. The zero-order valence-electron chi connectivity index (χ0n) is 9.78. The molecule has 96 valence electrons. The summed E-state index contributed by atoms with van der Waals surface area (Å²) in [5, 5.41) is 6.15. The molecule has 0 saturated carbocycles. The van der Waals surface area contributed by atoms with Crippen LogP contribution in [-0.4, -0.2) is 5.91 Å². The largest absolute Gasteiger partial charge is 0.370 e. The fourth-order valence-electron chi connectivity index (χ4n) is 2.09.